The van der Waals surface area contributed by atoms with Crippen LogP contribution in [-0.2, 0) is 10.0 Å². The number of benzene rings is 3. The van der Waals surface area contributed by atoms with Gasteiger partial charge in [0.2, 0.25) is 0 Å². The summed E-state index contributed by atoms with van der Waals surface area (Å²) in [5, 5.41) is 12.4. The molecule has 1 heterocycles. The molecule has 3 aromatic rings. The fourth-order valence-corrected chi connectivity index (χ4v) is 5.23. The molecule has 172 valence electrons. The van der Waals surface area contributed by atoms with Gasteiger partial charge in [0.15, 0.2) is 0 Å². The maximum atomic E-state index is 14.1. The monoisotopic (exact) mass is 510 g/mol. The number of rotatable bonds is 5. The first-order valence-electron chi connectivity index (χ1n) is 9.66. The lowest BCUT2D eigenvalue weighted by atomic mass is 10.1. The molecule has 3 aromatic carbocycles. The Hall–Kier alpha value is -2.85. The molecule has 4 rings (SSSR count). The van der Waals surface area contributed by atoms with Gasteiger partial charge in [-0.3, -0.25) is 9.10 Å². The zero-order valence-corrected chi connectivity index (χ0v) is 19.2. The van der Waals surface area contributed by atoms with Crippen molar-refractivity contribution < 1.29 is 27.4 Å². The van der Waals surface area contributed by atoms with Crippen molar-refractivity contribution in [3.8, 4) is 5.75 Å². The van der Waals surface area contributed by atoms with Crippen LogP contribution in [0, 0.1) is 5.82 Å². The van der Waals surface area contributed by atoms with Crippen molar-refractivity contribution in [3.05, 3.63) is 82.1 Å². The summed E-state index contributed by atoms with van der Waals surface area (Å²) >= 11 is 11.8. The lowest BCUT2D eigenvalue weighted by Crippen LogP contribution is -2.45. The third-order valence-corrected chi connectivity index (χ3v) is 7.30. The lowest BCUT2D eigenvalue weighted by Gasteiger charge is -2.35. The molecular formula is C22H17Cl2FN2O5S. The first-order chi connectivity index (χ1) is 15.7. The van der Waals surface area contributed by atoms with E-state index >= 15 is 0 Å². The van der Waals surface area contributed by atoms with E-state index in [1.54, 1.807) is 0 Å². The minimum absolute atomic E-state index is 0.0102. The van der Waals surface area contributed by atoms with Crippen LogP contribution >= 0.6 is 23.2 Å². The molecule has 1 aliphatic rings. The van der Waals surface area contributed by atoms with Crippen LogP contribution in [0.1, 0.15) is 10.4 Å². The Bertz CT molecular complexity index is 1300. The van der Waals surface area contributed by atoms with Crippen LogP contribution in [0.5, 0.6) is 5.75 Å². The standard InChI is InChI=1S/C22H17Cl2FN2O5S/c23-13-4-7-16(8-5-13)33(30,31)27-11-15(12-28)32-20-9-6-14(10-19(20)27)26-22(29)21-17(24)2-1-3-18(21)25/h1-10,15,28H,11-12H2,(H,26,29)/t15-/m0/s1. The molecule has 0 spiro atoms. The Labute approximate surface area is 199 Å². The van der Waals surface area contributed by atoms with Gasteiger partial charge < -0.3 is 15.2 Å². The quantitative estimate of drug-likeness (QED) is 0.532. The zero-order valence-electron chi connectivity index (χ0n) is 16.8. The molecule has 0 saturated carbocycles. The number of halogens is 3. The van der Waals surface area contributed by atoms with Gasteiger partial charge in [-0.05, 0) is 54.6 Å². The van der Waals surface area contributed by atoms with Crippen LogP contribution in [0.4, 0.5) is 15.8 Å². The number of carbonyl (C=O) groups is 1. The summed E-state index contributed by atoms with van der Waals surface area (Å²) in [7, 11) is -4.06. The second kappa shape index (κ2) is 9.18. The second-order valence-corrected chi connectivity index (χ2v) is 9.85. The fourth-order valence-electron chi connectivity index (χ4n) is 3.35. The molecule has 0 bridgehead atoms. The molecule has 33 heavy (non-hydrogen) atoms. The SMILES string of the molecule is O=C(Nc1ccc2c(c1)N(S(=O)(=O)c1ccc(Cl)cc1)C[C@@H](CO)O2)c1c(F)cccc1Cl. The number of ether oxygens (including phenoxy) is 1. The van der Waals surface area contributed by atoms with Crippen molar-refractivity contribution >= 4 is 50.5 Å². The predicted octanol–water partition coefficient (Wildman–Crippen LogP) is 4.33. The number of sulfonamides is 1. The number of carbonyl (C=O) groups excluding carboxylic acids is 1. The van der Waals surface area contributed by atoms with E-state index in [0.29, 0.717) is 5.02 Å². The van der Waals surface area contributed by atoms with Crippen molar-refractivity contribution in [1.29, 1.82) is 0 Å². The number of nitrogens with zero attached hydrogens (tertiary/aromatic N) is 1. The van der Waals surface area contributed by atoms with E-state index in [9.17, 15) is 22.7 Å². The normalized spacial score (nSPS) is 15.5. The summed E-state index contributed by atoms with van der Waals surface area (Å²) in [5.74, 6) is -1.39. The molecule has 7 nitrogen and oxygen atoms in total. The number of aliphatic hydroxyl groups is 1. The van der Waals surface area contributed by atoms with Gasteiger partial charge in [0.1, 0.15) is 17.7 Å². The summed E-state index contributed by atoms with van der Waals surface area (Å²) in [6.45, 7) is -0.568. The van der Waals surface area contributed by atoms with Crippen LogP contribution in [0.3, 0.4) is 0 Å². The summed E-state index contributed by atoms with van der Waals surface area (Å²) in [6.07, 6.45) is -0.794. The van der Waals surface area contributed by atoms with Gasteiger partial charge in [-0.25, -0.2) is 12.8 Å². The number of amides is 1. The van der Waals surface area contributed by atoms with E-state index in [-0.39, 0.29) is 39.2 Å². The van der Waals surface area contributed by atoms with E-state index in [1.807, 2.05) is 0 Å². The highest BCUT2D eigenvalue weighted by Gasteiger charge is 2.34. The van der Waals surface area contributed by atoms with E-state index in [4.69, 9.17) is 27.9 Å². The van der Waals surface area contributed by atoms with Crippen LogP contribution in [0.15, 0.2) is 65.6 Å². The van der Waals surface area contributed by atoms with Crippen LogP contribution in [0.2, 0.25) is 10.0 Å². The van der Waals surface area contributed by atoms with Gasteiger partial charge in [-0.15, -0.1) is 0 Å². The summed E-state index contributed by atoms with van der Waals surface area (Å²) in [5.41, 5.74) is 0.00614. The van der Waals surface area contributed by atoms with Crippen molar-refractivity contribution in [2.45, 2.75) is 11.0 Å². The topological polar surface area (TPSA) is 95.9 Å². The first-order valence-corrected chi connectivity index (χ1v) is 11.9. The van der Waals surface area contributed by atoms with Gasteiger partial charge >= 0.3 is 0 Å². The largest absolute Gasteiger partial charge is 0.484 e. The van der Waals surface area contributed by atoms with Crippen molar-refractivity contribution in [3.63, 3.8) is 0 Å². The number of anilines is 2. The minimum atomic E-state index is -4.06. The zero-order chi connectivity index (χ0) is 23.8. The Morgan fingerprint density at radius 3 is 2.55 bits per heavy atom. The van der Waals surface area contributed by atoms with Crippen LogP contribution in [-0.4, -0.2) is 38.7 Å². The average molecular weight is 511 g/mol. The lowest BCUT2D eigenvalue weighted by molar-refractivity contribution is 0.102. The maximum absolute atomic E-state index is 14.1. The summed E-state index contributed by atoms with van der Waals surface area (Å²) < 4.78 is 47.6. The highest BCUT2D eigenvalue weighted by Crippen LogP contribution is 2.39. The number of hydrogen-bond acceptors (Lipinski definition) is 5. The second-order valence-electron chi connectivity index (χ2n) is 7.15. The molecule has 0 fully saturated rings. The number of hydrogen-bond donors (Lipinski definition) is 2. The van der Waals surface area contributed by atoms with Gasteiger partial charge in [0.25, 0.3) is 15.9 Å². The smallest absolute Gasteiger partial charge is 0.264 e. The van der Waals surface area contributed by atoms with Gasteiger partial charge in [0.05, 0.1) is 34.3 Å². The van der Waals surface area contributed by atoms with Crippen LogP contribution in [0.25, 0.3) is 0 Å². The van der Waals surface area contributed by atoms with Gasteiger partial charge in [-0.2, -0.15) is 0 Å². The maximum Gasteiger partial charge on any atom is 0.264 e. The Balaban J connectivity index is 1.72. The molecule has 0 saturated heterocycles. The van der Waals surface area contributed by atoms with E-state index in [1.165, 1.54) is 54.6 Å². The van der Waals surface area contributed by atoms with Crippen molar-refractivity contribution in [1.82, 2.24) is 0 Å². The Morgan fingerprint density at radius 2 is 1.88 bits per heavy atom. The third kappa shape index (κ3) is 4.63. The molecule has 0 aliphatic carbocycles. The molecule has 1 amide bonds. The predicted molar refractivity (Wildman–Crippen MR) is 123 cm³/mol. The molecule has 2 N–H and O–H groups in total. The summed E-state index contributed by atoms with van der Waals surface area (Å²) in [4.78, 5) is 12.6. The van der Waals surface area contributed by atoms with Crippen molar-refractivity contribution in [2.24, 2.45) is 0 Å². The van der Waals surface area contributed by atoms with Crippen molar-refractivity contribution in [2.75, 3.05) is 22.8 Å². The molecule has 1 aliphatic heterocycles. The van der Waals surface area contributed by atoms with E-state index in [0.717, 1.165) is 10.4 Å². The first kappa shape index (κ1) is 23.3. The number of aliphatic hydroxyl groups excluding tert-OH is 1. The Kier molecular flexibility index (Phi) is 6.49. The summed E-state index contributed by atoms with van der Waals surface area (Å²) in [6, 6.07) is 13.8. The van der Waals surface area contributed by atoms with Gasteiger partial charge in [0, 0.05) is 10.7 Å². The molecule has 0 aromatic heterocycles. The molecule has 1 atom stereocenters. The molecule has 11 heteroatoms. The average Bonchev–Trinajstić information content (AvgIpc) is 2.78. The Morgan fingerprint density at radius 1 is 1.15 bits per heavy atom. The number of fused-ring (bicyclic) bond motifs is 1. The highest BCUT2D eigenvalue weighted by molar-refractivity contribution is 7.92. The van der Waals surface area contributed by atoms with E-state index < -0.39 is 34.5 Å². The number of nitrogens with one attached hydrogen (secondary N) is 1. The molecule has 0 unspecified atom stereocenters. The van der Waals surface area contributed by atoms with Crippen LogP contribution < -0.4 is 14.4 Å². The fraction of sp³-hybridized carbons (Fsp3) is 0.136. The van der Waals surface area contributed by atoms with Gasteiger partial charge in [-0.1, -0.05) is 29.3 Å². The third-order valence-electron chi connectivity index (χ3n) is 4.94. The highest BCUT2D eigenvalue weighted by atomic mass is 35.5. The molecular weight excluding hydrogens is 494 g/mol. The molecule has 0 radical (unpaired) electrons. The van der Waals surface area contributed by atoms with E-state index in [2.05, 4.69) is 5.32 Å². The minimum Gasteiger partial charge on any atom is -0.484 e.